The van der Waals surface area contributed by atoms with E-state index in [-0.39, 0.29) is 35.4 Å². The van der Waals surface area contributed by atoms with Gasteiger partial charge in [0.05, 0.1) is 17.3 Å². The molecule has 5 nitrogen and oxygen atoms in total. The van der Waals surface area contributed by atoms with Crippen LogP contribution in [0, 0.1) is 0 Å². The maximum atomic E-state index is 5.10. The molecule has 0 saturated heterocycles. The van der Waals surface area contributed by atoms with Crippen LogP contribution in [-0.2, 0) is 16.6 Å². The van der Waals surface area contributed by atoms with Gasteiger partial charge in [-0.3, -0.25) is 4.99 Å². The van der Waals surface area contributed by atoms with E-state index in [1.807, 2.05) is 0 Å². The van der Waals surface area contributed by atoms with E-state index in [1.165, 1.54) is 5.69 Å². The Hall–Kier alpha value is -0.410. The first-order valence-corrected chi connectivity index (χ1v) is 8.15. The summed E-state index contributed by atoms with van der Waals surface area (Å²) in [5, 5.41) is 9.90. The van der Waals surface area contributed by atoms with Gasteiger partial charge in [0.25, 0.3) is 0 Å². The highest BCUT2D eigenvalue weighted by atomic mass is 127. The third-order valence-corrected chi connectivity index (χ3v) is 3.88. The Morgan fingerprint density at radius 2 is 2.14 bits per heavy atom. The second-order valence-electron chi connectivity index (χ2n) is 6.13. The zero-order valence-electron chi connectivity index (χ0n) is 14.4. The van der Waals surface area contributed by atoms with Crippen molar-refractivity contribution in [3.63, 3.8) is 0 Å². The Morgan fingerprint density at radius 3 is 2.64 bits per heavy atom. The standard InChI is InChI=1S/C15H28N4OS.HI/c1-11(9-20-6)18-14(16-5)17-8-7-13-19-12(10-21-13)15(2,3)4;/h10-11H,7-9H2,1-6H3,(H2,16,17,18);1H. The molecule has 1 unspecified atom stereocenters. The molecule has 1 rings (SSSR count). The summed E-state index contributed by atoms with van der Waals surface area (Å²) in [7, 11) is 3.47. The lowest BCUT2D eigenvalue weighted by atomic mass is 9.93. The molecule has 1 heterocycles. The fraction of sp³-hybridized carbons (Fsp3) is 0.733. The molecule has 0 amide bonds. The van der Waals surface area contributed by atoms with E-state index in [2.05, 4.69) is 48.7 Å². The van der Waals surface area contributed by atoms with Gasteiger partial charge in [-0.15, -0.1) is 35.3 Å². The molecule has 1 aromatic heterocycles. The van der Waals surface area contributed by atoms with Crippen molar-refractivity contribution < 1.29 is 4.74 Å². The Kier molecular flexibility index (Phi) is 10.2. The van der Waals surface area contributed by atoms with Gasteiger partial charge in [-0.05, 0) is 6.92 Å². The van der Waals surface area contributed by atoms with Gasteiger partial charge < -0.3 is 15.4 Å². The lowest BCUT2D eigenvalue weighted by Crippen LogP contribution is -2.44. The van der Waals surface area contributed by atoms with Crippen molar-refractivity contribution in [2.24, 2.45) is 4.99 Å². The Bertz CT molecular complexity index is 457. The van der Waals surface area contributed by atoms with Gasteiger partial charge in [-0.2, -0.15) is 0 Å². The van der Waals surface area contributed by atoms with Crippen LogP contribution in [0.15, 0.2) is 10.4 Å². The van der Waals surface area contributed by atoms with E-state index in [1.54, 1.807) is 25.5 Å². The summed E-state index contributed by atoms with van der Waals surface area (Å²) >= 11 is 1.73. The highest BCUT2D eigenvalue weighted by Gasteiger charge is 2.17. The molecule has 0 radical (unpaired) electrons. The highest BCUT2D eigenvalue weighted by molar-refractivity contribution is 14.0. The number of rotatable bonds is 6. The van der Waals surface area contributed by atoms with Crippen LogP contribution >= 0.6 is 35.3 Å². The number of guanidine groups is 1. The molecule has 7 heteroatoms. The predicted octanol–water partition coefficient (Wildman–Crippen LogP) is 2.80. The summed E-state index contributed by atoms with van der Waals surface area (Å²) in [5.74, 6) is 0.798. The van der Waals surface area contributed by atoms with Gasteiger partial charge in [-0.25, -0.2) is 4.98 Å². The lowest BCUT2D eigenvalue weighted by Gasteiger charge is -2.17. The summed E-state index contributed by atoms with van der Waals surface area (Å²) in [6.07, 6.45) is 0.903. The number of halogens is 1. The second-order valence-corrected chi connectivity index (χ2v) is 7.07. The molecule has 1 aromatic rings. The SMILES string of the molecule is CN=C(NCCc1nc(C(C)(C)C)cs1)NC(C)COC.I. The minimum atomic E-state index is 0. The summed E-state index contributed by atoms with van der Waals surface area (Å²) in [6.45, 7) is 10.1. The molecule has 0 saturated carbocycles. The number of nitrogens with one attached hydrogen (secondary N) is 2. The van der Waals surface area contributed by atoms with Crippen molar-refractivity contribution in [1.82, 2.24) is 15.6 Å². The van der Waals surface area contributed by atoms with Crippen molar-refractivity contribution in [2.75, 3.05) is 27.3 Å². The van der Waals surface area contributed by atoms with Gasteiger partial charge in [0.2, 0.25) is 0 Å². The van der Waals surface area contributed by atoms with E-state index >= 15 is 0 Å². The maximum Gasteiger partial charge on any atom is 0.191 e. The van der Waals surface area contributed by atoms with Crippen molar-refractivity contribution in [3.05, 3.63) is 16.1 Å². The van der Waals surface area contributed by atoms with Crippen molar-refractivity contribution in [2.45, 2.75) is 45.6 Å². The smallest absolute Gasteiger partial charge is 0.191 e. The van der Waals surface area contributed by atoms with E-state index in [4.69, 9.17) is 9.72 Å². The lowest BCUT2D eigenvalue weighted by molar-refractivity contribution is 0.179. The van der Waals surface area contributed by atoms with Crippen LogP contribution in [0.4, 0.5) is 0 Å². The zero-order chi connectivity index (χ0) is 15.9. The molecular weight excluding hydrogens is 411 g/mol. The quantitative estimate of drug-likeness (QED) is 0.406. The van der Waals surface area contributed by atoms with E-state index in [0.29, 0.717) is 6.61 Å². The van der Waals surface area contributed by atoms with Gasteiger partial charge in [0, 0.05) is 44.0 Å². The molecule has 0 aliphatic carbocycles. The third-order valence-electron chi connectivity index (χ3n) is 2.97. The first-order valence-electron chi connectivity index (χ1n) is 7.27. The van der Waals surface area contributed by atoms with Crippen LogP contribution in [0.2, 0.25) is 0 Å². The summed E-state index contributed by atoms with van der Waals surface area (Å²) < 4.78 is 5.10. The van der Waals surface area contributed by atoms with E-state index in [9.17, 15) is 0 Å². The van der Waals surface area contributed by atoms with Crippen molar-refractivity contribution >= 4 is 41.3 Å². The number of thiazole rings is 1. The van der Waals surface area contributed by atoms with Crippen LogP contribution in [0.1, 0.15) is 38.4 Å². The third kappa shape index (κ3) is 7.73. The normalized spacial score (nSPS) is 13.5. The molecule has 0 aliphatic heterocycles. The van der Waals surface area contributed by atoms with Gasteiger partial charge in [-0.1, -0.05) is 20.8 Å². The number of ether oxygens (including phenoxy) is 1. The molecule has 0 aromatic carbocycles. The topological polar surface area (TPSA) is 58.5 Å². The first-order chi connectivity index (χ1) is 9.86. The largest absolute Gasteiger partial charge is 0.383 e. The molecule has 0 bridgehead atoms. The average Bonchev–Trinajstić information content (AvgIpc) is 2.86. The van der Waals surface area contributed by atoms with Gasteiger partial charge in [0.15, 0.2) is 5.96 Å². The minimum Gasteiger partial charge on any atom is -0.383 e. The fourth-order valence-corrected chi connectivity index (χ4v) is 2.80. The number of hydrogen-bond acceptors (Lipinski definition) is 4. The van der Waals surface area contributed by atoms with Crippen molar-refractivity contribution in [1.29, 1.82) is 0 Å². The average molecular weight is 440 g/mol. The van der Waals surface area contributed by atoms with Crippen LogP contribution in [0.3, 0.4) is 0 Å². The first kappa shape index (κ1) is 21.6. The monoisotopic (exact) mass is 440 g/mol. The van der Waals surface area contributed by atoms with E-state index in [0.717, 1.165) is 23.9 Å². The molecular formula is C15H29IN4OS. The summed E-state index contributed by atoms with van der Waals surface area (Å²) in [4.78, 5) is 8.90. The number of aromatic nitrogens is 1. The minimum absolute atomic E-state index is 0. The van der Waals surface area contributed by atoms with Gasteiger partial charge in [0.1, 0.15) is 0 Å². The number of nitrogens with zero attached hydrogens (tertiary/aromatic N) is 2. The predicted molar refractivity (Wildman–Crippen MR) is 106 cm³/mol. The molecule has 2 N–H and O–H groups in total. The Labute approximate surface area is 155 Å². The van der Waals surface area contributed by atoms with E-state index < -0.39 is 0 Å². The number of aliphatic imine (C=N–C) groups is 1. The van der Waals surface area contributed by atoms with Crippen LogP contribution < -0.4 is 10.6 Å². The van der Waals surface area contributed by atoms with Crippen LogP contribution in [0.25, 0.3) is 0 Å². The molecule has 0 aliphatic rings. The molecule has 22 heavy (non-hydrogen) atoms. The summed E-state index contributed by atoms with van der Waals surface area (Å²) in [5.41, 5.74) is 1.29. The summed E-state index contributed by atoms with van der Waals surface area (Å²) in [6, 6.07) is 0.230. The molecule has 0 fully saturated rings. The maximum absolute atomic E-state index is 5.10. The number of methoxy groups -OCH3 is 1. The molecule has 1 atom stereocenters. The Balaban J connectivity index is 0.00000441. The fourth-order valence-electron chi connectivity index (χ4n) is 1.78. The Morgan fingerprint density at radius 1 is 1.45 bits per heavy atom. The van der Waals surface area contributed by atoms with Crippen LogP contribution in [0.5, 0.6) is 0 Å². The highest BCUT2D eigenvalue weighted by Crippen LogP contribution is 2.23. The van der Waals surface area contributed by atoms with Crippen molar-refractivity contribution in [3.8, 4) is 0 Å². The number of hydrogen-bond donors (Lipinski definition) is 2. The zero-order valence-corrected chi connectivity index (χ0v) is 17.5. The van der Waals surface area contributed by atoms with Crippen LogP contribution in [-0.4, -0.2) is 44.3 Å². The molecule has 128 valence electrons. The molecule has 0 spiro atoms. The second kappa shape index (κ2) is 10.4. The van der Waals surface area contributed by atoms with Gasteiger partial charge >= 0.3 is 0 Å².